The number of morpholine rings is 1. The number of β-amino-alcohol motifs (C(OH)–C–C–N with tert-alkyl or cyclic N) is 1. The minimum atomic E-state index is -1.47. The van der Waals surface area contributed by atoms with Gasteiger partial charge in [0.05, 0.1) is 55.0 Å². The highest BCUT2D eigenvalue weighted by Gasteiger charge is 2.45. The third kappa shape index (κ3) is 8.70. The lowest BCUT2D eigenvalue weighted by molar-refractivity contribution is -0.127. The molecule has 3 saturated heterocycles. The molecule has 3 aliphatic heterocycles. The van der Waals surface area contributed by atoms with Crippen LogP contribution in [0.25, 0.3) is 0 Å². The number of aliphatic hydroxyl groups excluding tert-OH is 4. The maximum atomic E-state index is 15.3. The summed E-state index contributed by atoms with van der Waals surface area (Å²) in [7, 11) is 0. The Morgan fingerprint density at radius 1 is 1.11 bits per heavy atom. The van der Waals surface area contributed by atoms with Gasteiger partial charge in [0.25, 0.3) is 0 Å². The second-order valence-corrected chi connectivity index (χ2v) is 13.1. The van der Waals surface area contributed by atoms with Crippen molar-refractivity contribution >= 4 is 23.8 Å². The molecule has 2 unspecified atom stereocenters. The van der Waals surface area contributed by atoms with Gasteiger partial charge in [0.15, 0.2) is 0 Å². The van der Waals surface area contributed by atoms with Crippen molar-refractivity contribution in [2.24, 2.45) is 5.92 Å². The number of carbonyl (C=O) groups excluding carboxylic acids is 1. The molecular formula is C32H45ClFN5O7. The van der Waals surface area contributed by atoms with Crippen LogP contribution in [-0.4, -0.2) is 136 Å². The summed E-state index contributed by atoms with van der Waals surface area (Å²) in [6, 6.07) is 3.87. The molecule has 5 rings (SSSR count). The Labute approximate surface area is 273 Å². The maximum absolute atomic E-state index is 15.3. The summed E-state index contributed by atoms with van der Waals surface area (Å²) in [5, 5.41) is 39.6. The number of piperidine rings is 1. The topological polar surface area (TPSA) is 152 Å². The highest BCUT2D eigenvalue weighted by atomic mass is 35.5. The van der Waals surface area contributed by atoms with Crippen LogP contribution in [0, 0.1) is 11.7 Å². The molecule has 3 aliphatic rings. The first-order valence-corrected chi connectivity index (χ1v) is 16.4. The summed E-state index contributed by atoms with van der Waals surface area (Å²) in [6.07, 6.45) is 4.40. The molecule has 12 nitrogen and oxygen atoms in total. The van der Waals surface area contributed by atoms with E-state index in [1.165, 1.54) is 6.07 Å². The van der Waals surface area contributed by atoms with Gasteiger partial charge in [-0.25, -0.2) is 14.4 Å². The van der Waals surface area contributed by atoms with E-state index >= 15 is 4.39 Å². The van der Waals surface area contributed by atoms with Crippen LogP contribution < -0.4 is 9.64 Å². The van der Waals surface area contributed by atoms with Crippen LogP contribution in [0.4, 0.5) is 10.3 Å². The highest BCUT2D eigenvalue weighted by molar-refractivity contribution is 6.30. The van der Waals surface area contributed by atoms with Crippen LogP contribution in [0.2, 0.25) is 5.02 Å². The predicted molar refractivity (Wildman–Crippen MR) is 168 cm³/mol. The van der Waals surface area contributed by atoms with Crippen molar-refractivity contribution in [2.45, 2.75) is 62.1 Å². The maximum Gasteiger partial charge on any atom is 0.225 e. The highest BCUT2D eigenvalue weighted by Crippen LogP contribution is 2.35. The van der Waals surface area contributed by atoms with Gasteiger partial charge < -0.3 is 39.6 Å². The number of benzene rings is 1. The minimum absolute atomic E-state index is 0.0928. The van der Waals surface area contributed by atoms with Crippen LogP contribution in [0.15, 0.2) is 30.6 Å². The van der Waals surface area contributed by atoms with Gasteiger partial charge in [-0.15, -0.1) is 0 Å². The SMILES string of the molecule is O=CC(c1ccc(OCCCC2CCN(c3ncc(Cl)cn3)CC2)cc1F)N1CCC2(CN(C[C@H](O)[C@H](O)[C@H](O)CO)CCO2)C1. The average Bonchev–Trinajstić information content (AvgIpc) is 3.46. The lowest BCUT2D eigenvalue weighted by atomic mass is 9.92. The molecule has 0 radical (unpaired) electrons. The number of rotatable bonds is 14. The molecule has 254 valence electrons. The molecular weight excluding hydrogens is 621 g/mol. The monoisotopic (exact) mass is 665 g/mol. The zero-order valence-corrected chi connectivity index (χ0v) is 26.7. The molecule has 3 fully saturated rings. The van der Waals surface area contributed by atoms with Crippen LogP contribution in [0.5, 0.6) is 5.75 Å². The number of hydrogen-bond acceptors (Lipinski definition) is 12. The molecule has 1 aromatic carbocycles. The van der Waals surface area contributed by atoms with Crippen LogP contribution >= 0.6 is 11.6 Å². The minimum Gasteiger partial charge on any atom is -0.493 e. The number of halogens is 2. The Kier molecular flexibility index (Phi) is 12.2. The summed E-state index contributed by atoms with van der Waals surface area (Å²) >= 11 is 5.89. The molecule has 14 heteroatoms. The fraction of sp³-hybridized carbons (Fsp3) is 0.656. The number of aromatic nitrogens is 2. The fourth-order valence-electron chi connectivity index (χ4n) is 6.82. The van der Waals surface area contributed by atoms with E-state index in [4.69, 9.17) is 26.2 Å². The molecule has 1 spiro atoms. The van der Waals surface area contributed by atoms with Crippen molar-refractivity contribution in [1.82, 2.24) is 19.8 Å². The van der Waals surface area contributed by atoms with E-state index in [0.717, 1.165) is 45.1 Å². The first-order chi connectivity index (χ1) is 22.2. The molecule has 1 aromatic heterocycles. The van der Waals surface area contributed by atoms with Crippen molar-refractivity contribution in [3.63, 3.8) is 0 Å². The van der Waals surface area contributed by atoms with Gasteiger partial charge in [0, 0.05) is 57.4 Å². The van der Waals surface area contributed by atoms with Crippen LogP contribution in [0.1, 0.15) is 43.7 Å². The Morgan fingerprint density at radius 2 is 1.87 bits per heavy atom. The molecule has 2 aromatic rings. The van der Waals surface area contributed by atoms with Crippen molar-refractivity contribution in [2.75, 3.05) is 70.5 Å². The molecule has 4 heterocycles. The van der Waals surface area contributed by atoms with Gasteiger partial charge in [-0.3, -0.25) is 9.80 Å². The van der Waals surface area contributed by atoms with E-state index in [-0.39, 0.29) is 12.1 Å². The zero-order chi connectivity index (χ0) is 32.7. The molecule has 46 heavy (non-hydrogen) atoms. The molecule has 0 bridgehead atoms. The summed E-state index contributed by atoms with van der Waals surface area (Å²) < 4.78 is 27.3. The number of nitrogens with zero attached hydrogens (tertiary/aromatic N) is 5. The molecule has 0 saturated carbocycles. The van der Waals surface area contributed by atoms with Crippen molar-refractivity contribution < 1.29 is 39.1 Å². The number of ether oxygens (including phenoxy) is 2. The molecule has 0 aliphatic carbocycles. The molecule has 4 N–H and O–H groups in total. The normalized spacial score (nSPS) is 24.2. The number of anilines is 1. The van der Waals surface area contributed by atoms with Crippen molar-refractivity contribution in [3.8, 4) is 5.75 Å². The smallest absolute Gasteiger partial charge is 0.225 e. The largest absolute Gasteiger partial charge is 0.493 e. The van der Waals surface area contributed by atoms with Crippen LogP contribution in [0.3, 0.4) is 0 Å². The summed E-state index contributed by atoms with van der Waals surface area (Å²) in [6.45, 7) is 3.98. The number of carbonyl (C=O) groups is 1. The van der Waals surface area contributed by atoms with E-state index in [9.17, 15) is 20.1 Å². The molecule has 0 amide bonds. The Hall–Kier alpha value is -2.49. The van der Waals surface area contributed by atoms with Gasteiger partial charge in [-0.05, 0) is 44.1 Å². The summed E-state index contributed by atoms with van der Waals surface area (Å²) in [5.41, 5.74) is -0.334. The second-order valence-electron chi connectivity index (χ2n) is 12.7. The fourth-order valence-corrected chi connectivity index (χ4v) is 6.92. The van der Waals surface area contributed by atoms with Gasteiger partial charge in [-0.2, -0.15) is 0 Å². The van der Waals surface area contributed by atoms with Gasteiger partial charge >= 0.3 is 0 Å². The summed E-state index contributed by atoms with van der Waals surface area (Å²) in [5.74, 6) is 1.21. The first kappa shape index (κ1) is 34.8. The number of likely N-dealkylation sites (tertiary alicyclic amines) is 1. The first-order valence-electron chi connectivity index (χ1n) is 16.1. The van der Waals surface area contributed by atoms with Crippen LogP contribution in [-0.2, 0) is 9.53 Å². The lowest BCUT2D eigenvalue weighted by Gasteiger charge is -2.42. The van der Waals surface area contributed by atoms with E-state index in [1.54, 1.807) is 24.5 Å². The van der Waals surface area contributed by atoms with Gasteiger partial charge in [0.1, 0.15) is 30.1 Å². The van der Waals surface area contributed by atoms with E-state index in [0.29, 0.717) is 68.5 Å². The van der Waals surface area contributed by atoms with E-state index in [2.05, 4.69) is 14.9 Å². The number of aliphatic hydroxyl groups is 4. The predicted octanol–water partition coefficient (Wildman–Crippen LogP) is 1.44. The summed E-state index contributed by atoms with van der Waals surface area (Å²) in [4.78, 5) is 26.9. The van der Waals surface area contributed by atoms with E-state index < -0.39 is 42.4 Å². The molecule has 5 atom stereocenters. The number of hydrogen-bond donors (Lipinski definition) is 4. The Balaban J connectivity index is 1.07. The Morgan fingerprint density at radius 3 is 2.57 bits per heavy atom. The number of aldehydes is 1. The third-order valence-corrected chi connectivity index (χ3v) is 9.63. The lowest BCUT2D eigenvalue weighted by Crippen LogP contribution is -2.56. The zero-order valence-electron chi connectivity index (χ0n) is 26.0. The quantitative estimate of drug-likeness (QED) is 0.171. The second kappa shape index (κ2) is 16.1. The van der Waals surface area contributed by atoms with Gasteiger partial charge in [-0.1, -0.05) is 17.7 Å². The van der Waals surface area contributed by atoms with E-state index in [1.807, 2.05) is 9.80 Å². The standard InChI is InChI=1S/C32H45ClFN5O7/c33-23-15-35-31(36-16-23)38-8-5-22(6-9-38)2-1-12-45-24-3-4-25(26(34)14-24)27(18-40)39-10-7-32(21-39)20-37(11-13-46-32)17-28(42)30(44)29(43)19-41/h3-4,14-16,18,22,27-30,41-44H,1-2,5-13,17,19-21H2/t27?,28-,29+,30-,32?/m0/s1. The van der Waals surface area contributed by atoms with Crippen molar-refractivity contribution in [3.05, 3.63) is 47.0 Å². The third-order valence-electron chi connectivity index (χ3n) is 9.44. The van der Waals surface area contributed by atoms with Gasteiger partial charge in [0.2, 0.25) is 5.95 Å². The average molecular weight is 666 g/mol. The van der Waals surface area contributed by atoms with Crippen molar-refractivity contribution in [1.29, 1.82) is 0 Å². The Bertz CT molecular complexity index is 1270.